The lowest BCUT2D eigenvalue weighted by Gasteiger charge is -2.06. The Labute approximate surface area is 90.5 Å². The zero-order valence-electron chi connectivity index (χ0n) is 9.47. The van der Waals surface area contributed by atoms with Crippen LogP contribution in [-0.4, -0.2) is 0 Å². The lowest BCUT2D eigenvalue weighted by Crippen LogP contribution is -2.03. The molecule has 1 fully saturated rings. The summed E-state index contributed by atoms with van der Waals surface area (Å²) >= 11 is 0. The summed E-state index contributed by atoms with van der Waals surface area (Å²) < 4.78 is 12.9. The van der Waals surface area contributed by atoms with Crippen LogP contribution in [0, 0.1) is 24.1 Å². The second kappa shape index (κ2) is 4.44. The second-order valence-corrected chi connectivity index (χ2v) is 3.66. The van der Waals surface area contributed by atoms with Crippen LogP contribution in [0.2, 0.25) is 0 Å². The van der Waals surface area contributed by atoms with Crippen LogP contribution < -0.4 is 0 Å². The van der Waals surface area contributed by atoms with Crippen molar-refractivity contribution in [2.75, 3.05) is 0 Å². The first kappa shape index (κ1) is 11.7. The van der Waals surface area contributed by atoms with Gasteiger partial charge in [0.05, 0.1) is 11.5 Å². The predicted octanol–water partition coefficient (Wildman–Crippen LogP) is 3.72. The average Bonchev–Trinajstić information content (AvgIpc) is 3.06. The predicted molar refractivity (Wildman–Crippen MR) is 59.0 cm³/mol. The Bertz CT molecular complexity index is 386. The van der Waals surface area contributed by atoms with Gasteiger partial charge in [0.15, 0.2) is 0 Å². The van der Waals surface area contributed by atoms with E-state index in [0.29, 0.717) is 5.56 Å². The maximum atomic E-state index is 12.9. The Morgan fingerprint density at radius 2 is 1.93 bits per heavy atom. The highest BCUT2D eigenvalue weighted by molar-refractivity contribution is 5.40. The number of nitriles is 1. The van der Waals surface area contributed by atoms with Crippen LogP contribution in [0.15, 0.2) is 18.2 Å². The van der Waals surface area contributed by atoms with Gasteiger partial charge in [-0.05, 0) is 37.0 Å². The SMILES string of the molecule is CC.Cc1cc(C2(C#N)CC2)ccc1F. The van der Waals surface area contributed by atoms with Gasteiger partial charge in [0.25, 0.3) is 0 Å². The second-order valence-electron chi connectivity index (χ2n) is 3.66. The van der Waals surface area contributed by atoms with E-state index in [1.165, 1.54) is 6.07 Å². The first-order valence-corrected chi connectivity index (χ1v) is 5.36. The Morgan fingerprint density at radius 3 is 2.33 bits per heavy atom. The number of hydrogen-bond acceptors (Lipinski definition) is 1. The van der Waals surface area contributed by atoms with Crippen molar-refractivity contribution < 1.29 is 4.39 Å². The molecule has 0 amide bonds. The lowest BCUT2D eigenvalue weighted by molar-refractivity contribution is 0.617. The first-order chi connectivity index (χ1) is 7.18. The van der Waals surface area contributed by atoms with E-state index in [-0.39, 0.29) is 11.2 Å². The maximum absolute atomic E-state index is 12.9. The van der Waals surface area contributed by atoms with Crippen molar-refractivity contribution in [1.82, 2.24) is 0 Å². The van der Waals surface area contributed by atoms with Gasteiger partial charge in [-0.25, -0.2) is 4.39 Å². The van der Waals surface area contributed by atoms with Gasteiger partial charge in [-0.2, -0.15) is 5.26 Å². The first-order valence-electron chi connectivity index (χ1n) is 5.36. The molecule has 0 unspecified atom stereocenters. The number of rotatable bonds is 1. The van der Waals surface area contributed by atoms with Crippen LogP contribution in [0.5, 0.6) is 0 Å². The molecule has 0 N–H and O–H groups in total. The quantitative estimate of drug-likeness (QED) is 0.685. The molecule has 2 heteroatoms. The van der Waals surface area contributed by atoms with Crippen molar-refractivity contribution in [3.8, 4) is 6.07 Å². The molecule has 1 aromatic rings. The summed E-state index contributed by atoms with van der Waals surface area (Å²) in [5.74, 6) is -0.197. The van der Waals surface area contributed by atoms with E-state index in [1.54, 1.807) is 19.1 Å². The summed E-state index contributed by atoms with van der Waals surface area (Å²) in [4.78, 5) is 0. The van der Waals surface area contributed by atoms with Crippen LogP contribution in [0.3, 0.4) is 0 Å². The fraction of sp³-hybridized carbons (Fsp3) is 0.462. The molecular weight excluding hydrogens is 189 g/mol. The van der Waals surface area contributed by atoms with Gasteiger partial charge in [-0.3, -0.25) is 0 Å². The molecule has 1 aromatic carbocycles. The fourth-order valence-corrected chi connectivity index (χ4v) is 1.53. The smallest absolute Gasteiger partial charge is 0.126 e. The number of halogens is 1. The largest absolute Gasteiger partial charge is 0.207 e. The molecule has 0 aromatic heterocycles. The zero-order valence-corrected chi connectivity index (χ0v) is 9.47. The summed E-state index contributed by atoms with van der Waals surface area (Å²) in [7, 11) is 0. The molecule has 15 heavy (non-hydrogen) atoms. The summed E-state index contributed by atoms with van der Waals surface area (Å²) in [6, 6.07) is 7.24. The van der Waals surface area contributed by atoms with E-state index in [1.807, 2.05) is 13.8 Å². The minimum Gasteiger partial charge on any atom is -0.207 e. The van der Waals surface area contributed by atoms with Crippen molar-refractivity contribution in [2.45, 2.75) is 39.0 Å². The molecule has 80 valence electrons. The van der Waals surface area contributed by atoms with Crippen molar-refractivity contribution >= 4 is 0 Å². The van der Waals surface area contributed by atoms with E-state index < -0.39 is 0 Å². The highest BCUT2D eigenvalue weighted by Gasteiger charge is 2.44. The van der Waals surface area contributed by atoms with Gasteiger partial charge in [-0.1, -0.05) is 26.0 Å². The molecule has 0 aliphatic heterocycles. The Morgan fingerprint density at radius 1 is 1.33 bits per heavy atom. The molecule has 2 rings (SSSR count). The number of aryl methyl sites for hydroxylation is 1. The maximum Gasteiger partial charge on any atom is 0.126 e. The molecule has 1 aliphatic carbocycles. The Kier molecular flexibility index (Phi) is 3.47. The number of benzene rings is 1. The average molecular weight is 205 g/mol. The van der Waals surface area contributed by atoms with Crippen LogP contribution in [0.1, 0.15) is 37.8 Å². The van der Waals surface area contributed by atoms with Gasteiger partial charge in [0.2, 0.25) is 0 Å². The molecule has 1 nitrogen and oxygen atoms in total. The molecule has 0 bridgehead atoms. The third-order valence-electron chi connectivity index (χ3n) is 2.67. The monoisotopic (exact) mass is 205 g/mol. The van der Waals surface area contributed by atoms with E-state index in [0.717, 1.165) is 18.4 Å². The van der Waals surface area contributed by atoms with E-state index in [2.05, 4.69) is 6.07 Å². The highest BCUT2D eigenvalue weighted by atomic mass is 19.1. The van der Waals surface area contributed by atoms with Gasteiger partial charge >= 0.3 is 0 Å². The van der Waals surface area contributed by atoms with Crippen molar-refractivity contribution in [2.24, 2.45) is 0 Å². The molecule has 1 saturated carbocycles. The van der Waals surface area contributed by atoms with Crippen LogP contribution >= 0.6 is 0 Å². The number of hydrogen-bond donors (Lipinski definition) is 0. The topological polar surface area (TPSA) is 23.8 Å². The van der Waals surface area contributed by atoms with Crippen molar-refractivity contribution in [1.29, 1.82) is 5.26 Å². The minimum atomic E-state index is -0.293. The zero-order chi connectivity index (χ0) is 11.5. The molecular formula is C13H16FN. The van der Waals surface area contributed by atoms with Gasteiger partial charge in [-0.15, -0.1) is 0 Å². The van der Waals surface area contributed by atoms with E-state index in [9.17, 15) is 4.39 Å². The van der Waals surface area contributed by atoms with Gasteiger partial charge < -0.3 is 0 Å². The molecule has 0 spiro atoms. The van der Waals surface area contributed by atoms with Gasteiger partial charge in [0.1, 0.15) is 5.82 Å². The van der Waals surface area contributed by atoms with E-state index in [4.69, 9.17) is 5.26 Å². The summed E-state index contributed by atoms with van der Waals surface area (Å²) in [6.45, 7) is 5.73. The van der Waals surface area contributed by atoms with Crippen LogP contribution in [0.4, 0.5) is 4.39 Å². The third-order valence-corrected chi connectivity index (χ3v) is 2.67. The molecule has 0 heterocycles. The minimum absolute atomic E-state index is 0.197. The summed E-state index contributed by atoms with van der Waals surface area (Å²) in [5.41, 5.74) is 1.30. The van der Waals surface area contributed by atoms with Crippen molar-refractivity contribution in [3.63, 3.8) is 0 Å². The summed E-state index contributed by atoms with van der Waals surface area (Å²) in [5, 5.41) is 8.93. The molecule has 0 atom stereocenters. The normalized spacial score (nSPS) is 15.9. The fourth-order valence-electron chi connectivity index (χ4n) is 1.53. The van der Waals surface area contributed by atoms with Gasteiger partial charge in [0, 0.05) is 0 Å². The highest BCUT2D eigenvalue weighted by Crippen LogP contribution is 2.47. The van der Waals surface area contributed by atoms with Crippen LogP contribution in [-0.2, 0) is 5.41 Å². The Balaban J connectivity index is 0.000000531. The van der Waals surface area contributed by atoms with E-state index >= 15 is 0 Å². The summed E-state index contributed by atoms with van der Waals surface area (Å²) in [6.07, 6.45) is 1.82. The van der Waals surface area contributed by atoms with Crippen molar-refractivity contribution in [3.05, 3.63) is 35.1 Å². The van der Waals surface area contributed by atoms with Crippen LogP contribution in [0.25, 0.3) is 0 Å². The third kappa shape index (κ3) is 2.18. The molecule has 0 saturated heterocycles. The standard InChI is InChI=1S/C11H10FN.C2H6/c1-8-6-9(2-3-10(8)12)11(7-13)4-5-11;1-2/h2-3,6H,4-5H2,1H3;1-2H3. The molecule has 1 aliphatic rings. The lowest BCUT2D eigenvalue weighted by atomic mass is 9.96. The Hall–Kier alpha value is -1.36. The molecule has 0 radical (unpaired) electrons. The number of nitrogens with zero attached hydrogens (tertiary/aromatic N) is 1.